The third-order valence-electron chi connectivity index (χ3n) is 3.09. The zero-order chi connectivity index (χ0) is 10.6. The quantitative estimate of drug-likeness (QED) is 0.413. The van der Waals surface area contributed by atoms with Crippen molar-refractivity contribution in [1.82, 2.24) is 0 Å². The van der Waals surface area contributed by atoms with Crippen LogP contribution in [0.2, 0.25) is 0 Å². The normalized spacial score (nSPS) is 13.1. The van der Waals surface area contributed by atoms with E-state index in [1.807, 2.05) is 0 Å². The highest BCUT2D eigenvalue weighted by molar-refractivity contribution is 4.61. The van der Waals surface area contributed by atoms with Crippen LogP contribution in [0.25, 0.3) is 0 Å². The maximum absolute atomic E-state index is 4.05. The van der Waals surface area contributed by atoms with Crippen molar-refractivity contribution in [2.24, 2.45) is 5.92 Å². The number of hydrogen-bond donors (Lipinski definition) is 0. The average Bonchev–Trinajstić information content (AvgIpc) is 2.22. The lowest BCUT2D eigenvalue weighted by molar-refractivity contribution is 0.414. The van der Waals surface area contributed by atoms with E-state index in [4.69, 9.17) is 0 Å². The lowest BCUT2D eigenvalue weighted by atomic mass is 9.93. The standard InChI is InChI=1S/C14H29/c1-4-7-9-10-11-13-14(6-3)12-8-5-2/h14H,3-13H2,1-2H3. The molecule has 0 heterocycles. The number of hydrogen-bond acceptors (Lipinski definition) is 0. The van der Waals surface area contributed by atoms with Crippen LogP contribution in [-0.4, -0.2) is 0 Å². The topological polar surface area (TPSA) is 0 Å². The molecule has 0 N–H and O–H groups in total. The van der Waals surface area contributed by atoms with Gasteiger partial charge in [-0.15, -0.1) is 0 Å². The van der Waals surface area contributed by atoms with Crippen LogP contribution in [0.15, 0.2) is 0 Å². The minimum absolute atomic E-state index is 0.913. The van der Waals surface area contributed by atoms with E-state index in [9.17, 15) is 0 Å². The molecule has 0 aliphatic carbocycles. The van der Waals surface area contributed by atoms with Gasteiger partial charge in [0.05, 0.1) is 0 Å². The fourth-order valence-corrected chi connectivity index (χ4v) is 1.96. The molecule has 85 valence electrons. The molecular formula is C14H29. The minimum atomic E-state index is 0.913. The second-order valence-electron chi connectivity index (χ2n) is 4.50. The molecule has 0 nitrogen and oxygen atoms in total. The maximum atomic E-state index is 4.05. The third kappa shape index (κ3) is 8.59. The predicted octanol–water partition coefficient (Wildman–Crippen LogP) is 5.38. The Labute approximate surface area is 91.5 Å². The van der Waals surface area contributed by atoms with Gasteiger partial charge >= 0.3 is 0 Å². The molecule has 0 aromatic rings. The fraction of sp³-hybridized carbons (Fsp3) is 0.929. The second-order valence-corrected chi connectivity index (χ2v) is 4.50. The smallest absolute Gasteiger partial charge is 0.0414 e. The molecule has 1 unspecified atom stereocenters. The van der Waals surface area contributed by atoms with E-state index in [2.05, 4.69) is 20.8 Å². The Morgan fingerprint density at radius 2 is 1.36 bits per heavy atom. The molecule has 0 aromatic heterocycles. The average molecular weight is 197 g/mol. The van der Waals surface area contributed by atoms with Gasteiger partial charge in [0.25, 0.3) is 0 Å². The van der Waals surface area contributed by atoms with Gasteiger partial charge in [0.2, 0.25) is 0 Å². The SMILES string of the molecule is [CH2]CC(CCCC)CCCCCCC. The largest absolute Gasteiger partial charge is 0.0654 e. The first-order valence-corrected chi connectivity index (χ1v) is 6.64. The number of rotatable bonds is 10. The van der Waals surface area contributed by atoms with Crippen LogP contribution in [0.3, 0.4) is 0 Å². The van der Waals surface area contributed by atoms with E-state index in [1.165, 1.54) is 57.8 Å². The van der Waals surface area contributed by atoms with Gasteiger partial charge in [-0.25, -0.2) is 0 Å². The van der Waals surface area contributed by atoms with Gasteiger partial charge in [-0.2, -0.15) is 0 Å². The zero-order valence-electron chi connectivity index (χ0n) is 10.4. The molecule has 1 atom stereocenters. The Kier molecular flexibility index (Phi) is 11.1. The molecule has 0 saturated carbocycles. The maximum Gasteiger partial charge on any atom is -0.0414 e. The summed E-state index contributed by atoms with van der Waals surface area (Å²) in [6, 6.07) is 0. The Bertz CT molecular complexity index is 96.2. The molecule has 0 fully saturated rings. The lowest BCUT2D eigenvalue weighted by Crippen LogP contribution is -1.98. The predicted molar refractivity (Wildman–Crippen MR) is 66.4 cm³/mol. The molecule has 14 heavy (non-hydrogen) atoms. The monoisotopic (exact) mass is 197 g/mol. The molecule has 0 spiro atoms. The summed E-state index contributed by atoms with van der Waals surface area (Å²) in [6.45, 7) is 8.61. The lowest BCUT2D eigenvalue weighted by Gasteiger charge is -2.13. The summed E-state index contributed by atoms with van der Waals surface area (Å²) in [4.78, 5) is 0. The fourth-order valence-electron chi connectivity index (χ4n) is 1.96. The first-order chi connectivity index (χ1) is 6.85. The summed E-state index contributed by atoms with van der Waals surface area (Å²) in [7, 11) is 0. The third-order valence-corrected chi connectivity index (χ3v) is 3.09. The van der Waals surface area contributed by atoms with Gasteiger partial charge in [-0.1, -0.05) is 85.0 Å². The van der Waals surface area contributed by atoms with Crippen molar-refractivity contribution in [3.05, 3.63) is 6.92 Å². The molecule has 0 aromatic carbocycles. The van der Waals surface area contributed by atoms with Crippen LogP contribution >= 0.6 is 0 Å². The molecular weight excluding hydrogens is 168 g/mol. The Hall–Kier alpha value is 0. The Balaban J connectivity index is 3.24. The summed E-state index contributed by atoms with van der Waals surface area (Å²) in [5, 5.41) is 0. The van der Waals surface area contributed by atoms with Crippen LogP contribution in [0.1, 0.15) is 78.1 Å². The molecule has 0 aliphatic heterocycles. The molecule has 0 amide bonds. The molecule has 0 rings (SSSR count). The van der Waals surface area contributed by atoms with Gasteiger partial charge in [0.15, 0.2) is 0 Å². The highest BCUT2D eigenvalue weighted by Gasteiger charge is 2.04. The summed E-state index contributed by atoms with van der Waals surface area (Å²) in [5.41, 5.74) is 0. The number of unbranched alkanes of at least 4 members (excludes halogenated alkanes) is 5. The molecule has 0 saturated heterocycles. The van der Waals surface area contributed by atoms with Crippen molar-refractivity contribution < 1.29 is 0 Å². The summed E-state index contributed by atoms with van der Waals surface area (Å²) in [5.74, 6) is 0.913. The van der Waals surface area contributed by atoms with E-state index < -0.39 is 0 Å². The highest BCUT2D eigenvalue weighted by atomic mass is 14.1. The van der Waals surface area contributed by atoms with Gasteiger partial charge in [0, 0.05) is 0 Å². The molecule has 1 radical (unpaired) electrons. The molecule has 0 bridgehead atoms. The highest BCUT2D eigenvalue weighted by Crippen LogP contribution is 2.19. The van der Waals surface area contributed by atoms with Crippen molar-refractivity contribution in [2.45, 2.75) is 78.1 Å². The van der Waals surface area contributed by atoms with E-state index in [-0.39, 0.29) is 0 Å². The van der Waals surface area contributed by atoms with Crippen LogP contribution in [0, 0.1) is 12.8 Å². The Morgan fingerprint density at radius 3 is 1.93 bits per heavy atom. The van der Waals surface area contributed by atoms with Crippen LogP contribution in [-0.2, 0) is 0 Å². The van der Waals surface area contributed by atoms with Crippen molar-refractivity contribution in [1.29, 1.82) is 0 Å². The van der Waals surface area contributed by atoms with Crippen molar-refractivity contribution in [3.8, 4) is 0 Å². The van der Waals surface area contributed by atoms with Crippen LogP contribution < -0.4 is 0 Å². The van der Waals surface area contributed by atoms with Crippen molar-refractivity contribution in [2.75, 3.05) is 0 Å². The summed E-state index contributed by atoms with van der Waals surface area (Å²) in [6.07, 6.45) is 13.8. The Morgan fingerprint density at radius 1 is 0.786 bits per heavy atom. The second kappa shape index (κ2) is 11.1. The van der Waals surface area contributed by atoms with E-state index in [0.29, 0.717) is 0 Å². The van der Waals surface area contributed by atoms with Crippen molar-refractivity contribution in [3.63, 3.8) is 0 Å². The zero-order valence-corrected chi connectivity index (χ0v) is 10.4. The summed E-state index contributed by atoms with van der Waals surface area (Å²) < 4.78 is 0. The minimum Gasteiger partial charge on any atom is -0.0654 e. The molecule has 0 heteroatoms. The van der Waals surface area contributed by atoms with Gasteiger partial charge < -0.3 is 0 Å². The van der Waals surface area contributed by atoms with E-state index in [0.717, 1.165) is 12.3 Å². The van der Waals surface area contributed by atoms with Gasteiger partial charge in [-0.3, -0.25) is 0 Å². The van der Waals surface area contributed by atoms with Crippen molar-refractivity contribution >= 4 is 0 Å². The van der Waals surface area contributed by atoms with Crippen LogP contribution in [0.4, 0.5) is 0 Å². The van der Waals surface area contributed by atoms with Crippen LogP contribution in [0.5, 0.6) is 0 Å². The first-order valence-electron chi connectivity index (χ1n) is 6.64. The van der Waals surface area contributed by atoms with E-state index >= 15 is 0 Å². The summed E-state index contributed by atoms with van der Waals surface area (Å²) >= 11 is 0. The van der Waals surface area contributed by atoms with E-state index in [1.54, 1.807) is 0 Å². The first kappa shape index (κ1) is 14.0. The molecule has 0 aliphatic rings. The van der Waals surface area contributed by atoms with Gasteiger partial charge in [-0.05, 0) is 5.92 Å². The van der Waals surface area contributed by atoms with Gasteiger partial charge in [0.1, 0.15) is 0 Å².